The fraction of sp³-hybridized carbons (Fsp3) is 0.400. The molecule has 1 aromatic heterocycles. The molecule has 0 amide bonds. The predicted octanol–water partition coefficient (Wildman–Crippen LogP) is 3.67. The number of para-hydroxylation sites is 1. The molecule has 0 aliphatic heterocycles. The van der Waals surface area contributed by atoms with E-state index in [1.54, 1.807) is 0 Å². The van der Waals surface area contributed by atoms with Crippen LogP contribution in [0, 0.1) is 12.8 Å². The highest BCUT2D eigenvalue weighted by molar-refractivity contribution is 5.83. The molecular formula is C15H17N. The first kappa shape index (κ1) is 9.83. The van der Waals surface area contributed by atoms with E-state index in [9.17, 15) is 0 Å². The van der Waals surface area contributed by atoms with Gasteiger partial charge in [0.1, 0.15) is 0 Å². The standard InChI is InChI=1S/C15H17N/c1-10-7-8-13-11(2)12-5-3-4-6-14(12)16-15(13)9-10/h3-6,10H,7-9H2,1-2H3. The second kappa shape index (κ2) is 3.58. The second-order valence-corrected chi connectivity index (χ2v) is 5.03. The summed E-state index contributed by atoms with van der Waals surface area (Å²) in [5.41, 5.74) is 5.46. The number of nitrogens with zero attached hydrogens (tertiary/aromatic N) is 1. The van der Waals surface area contributed by atoms with Crippen LogP contribution in [-0.4, -0.2) is 4.98 Å². The molecule has 1 aromatic carbocycles. The molecule has 0 saturated heterocycles. The monoisotopic (exact) mass is 211 g/mol. The summed E-state index contributed by atoms with van der Waals surface area (Å²) < 4.78 is 0. The van der Waals surface area contributed by atoms with Gasteiger partial charge in [-0.15, -0.1) is 0 Å². The van der Waals surface area contributed by atoms with Gasteiger partial charge in [0.05, 0.1) is 5.52 Å². The van der Waals surface area contributed by atoms with Gasteiger partial charge in [0.25, 0.3) is 0 Å². The van der Waals surface area contributed by atoms with Gasteiger partial charge in [-0.25, -0.2) is 0 Å². The van der Waals surface area contributed by atoms with Crippen LogP contribution < -0.4 is 0 Å². The third-order valence-corrected chi connectivity index (χ3v) is 3.79. The molecule has 1 heterocycles. The van der Waals surface area contributed by atoms with Crippen LogP contribution in [0.2, 0.25) is 0 Å². The SMILES string of the molecule is Cc1c2c(nc3ccccc13)CC(C)CC2. The quantitative estimate of drug-likeness (QED) is 0.648. The van der Waals surface area contributed by atoms with Crippen LogP contribution in [0.1, 0.15) is 30.2 Å². The molecule has 0 N–H and O–H groups in total. The Bertz CT molecular complexity index is 542. The number of fused-ring (bicyclic) bond motifs is 2. The Morgan fingerprint density at radius 3 is 2.94 bits per heavy atom. The lowest BCUT2D eigenvalue weighted by Gasteiger charge is -2.23. The van der Waals surface area contributed by atoms with Gasteiger partial charge < -0.3 is 0 Å². The summed E-state index contributed by atoms with van der Waals surface area (Å²) in [6.45, 7) is 4.58. The van der Waals surface area contributed by atoms with Crippen molar-refractivity contribution in [3.63, 3.8) is 0 Å². The van der Waals surface area contributed by atoms with Crippen molar-refractivity contribution >= 4 is 10.9 Å². The summed E-state index contributed by atoms with van der Waals surface area (Å²) in [7, 11) is 0. The van der Waals surface area contributed by atoms with Gasteiger partial charge in [-0.1, -0.05) is 25.1 Å². The number of aromatic nitrogens is 1. The Labute approximate surface area is 96.5 Å². The van der Waals surface area contributed by atoms with Crippen LogP contribution in [0.15, 0.2) is 24.3 Å². The van der Waals surface area contributed by atoms with E-state index < -0.39 is 0 Å². The first-order chi connectivity index (χ1) is 7.75. The highest BCUT2D eigenvalue weighted by Gasteiger charge is 2.19. The smallest absolute Gasteiger partial charge is 0.0708 e. The third kappa shape index (κ3) is 1.42. The Balaban J connectivity index is 2.29. The Hall–Kier alpha value is -1.37. The molecule has 0 bridgehead atoms. The van der Waals surface area contributed by atoms with Crippen molar-refractivity contribution in [1.82, 2.24) is 4.98 Å². The normalized spacial score (nSPS) is 19.8. The molecule has 0 radical (unpaired) electrons. The summed E-state index contributed by atoms with van der Waals surface area (Å²) in [6, 6.07) is 8.50. The Morgan fingerprint density at radius 2 is 2.06 bits per heavy atom. The predicted molar refractivity (Wildman–Crippen MR) is 67.7 cm³/mol. The lowest BCUT2D eigenvalue weighted by Crippen LogP contribution is -2.14. The van der Waals surface area contributed by atoms with Crippen molar-refractivity contribution in [2.45, 2.75) is 33.1 Å². The largest absolute Gasteiger partial charge is 0.253 e. The summed E-state index contributed by atoms with van der Waals surface area (Å²) in [5.74, 6) is 0.792. The minimum Gasteiger partial charge on any atom is -0.253 e. The maximum absolute atomic E-state index is 4.83. The molecule has 1 unspecified atom stereocenters. The van der Waals surface area contributed by atoms with E-state index in [1.807, 2.05) is 0 Å². The van der Waals surface area contributed by atoms with E-state index in [-0.39, 0.29) is 0 Å². The van der Waals surface area contributed by atoms with E-state index in [0.29, 0.717) is 0 Å². The van der Waals surface area contributed by atoms with Crippen molar-refractivity contribution < 1.29 is 0 Å². The zero-order valence-electron chi connectivity index (χ0n) is 9.96. The van der Waals surface area contributed by atoms with Crippen molar-refractivity contribution in [1.29, 1.82) is 0 Å². The van der Waals surface area contributed by atoms with Crippen LogP contribution in [-0.2, 0) is 12.8 Å². The van der Waals surface area contributed by atoms with Gasteiger partial charge in [-0.05, 0) is 49.3 Å². The lowest BCUT2D eigenvalue weighted by atomic mass is 9.85. The minimum atomic E-state index is 0.792. The highest BCUT2D eigenvalue weighted by atomic mass is 14.7. The van der Waals surface area contributed by atoms with Gasteiger partial charge in [-0.2, -0.15) is 0 Å². The van der Waals surface area contributed by atoms with E-state index >= 15 is 0 Å². The van der Waals surface area contributed by atoms with Crippen molar-refractivity contribution in [3.05, 3.63) is 41.1 Å². The molecule has 1 heteroatoms. The summed E-state index contributed by atoms with van der Waals surface area (Å²) in [5, 5.41) is 1.33. The van der Waals surface area contributed by atoms with Crippen LogP contribution in [0.25, 0.3) is 10.9 Å². The van der Waals surface area contributed by atoms with Crippen LogP contribution >= 0.6 is 0 Å². The molecule has 1 aliphatic carbocycles. The van der Waals surface area contributed by atoms with E-state index in [2.05, 4.69) is 38.1 Å². The number of rotatable bonds is 0. The fourth-order valence-electron chi connectivity index (χ4n) is 2.80. The van der Waals surface area contributed by atoms with Crippen LogP contribution in [0.5, 0.6) is 0 Å². The van der Waals surface area contributed by atoms with Crippen LogP contribution in [0.3, 0.4) is 0 Å². The molecular weight excluding hydrogens is 194 g/mol. The van der Waals surface area contributed by atoms with Crippen molar-refractivity contribution in [2.24, 2.45) is 5.92 Å². The Morgan fingerprint density at radius 1 is 1.25 bits per heavy atom. The molecule has 82 valence electrons. The molecule has 3 rings (SSSR count). The second-order valence-electron chi connectivity index (χ2n) is 5.03. The average Bonchev–Trinajstić information content (AvgIpc) is 2.29. The van der Waals surface area contributed by atoms with Crippen molar-refractivity contribution in [2.75, 3.05) is 0 Å². The van der Waals surface area contributed by atoms with E-state index in [1.165, 1.54) is 35.0 Å². The topological polar surface area (TPSA) is 12.9 Å². The molecule has 0 spiro atoms. The maximum Gasteiger partial charge on any atom is 0.0708 e. The van der Waals surface area contributed by atoms with Gasteiger partial charge in [-0.3, -0.25) is 4.98 Å². The van der Waals surface area contributed by atoms with E-state index in [4.69, 9.17) is 4.98 Å². The summed E-state index contributed by atoms with van der Waals surface area (Å²) in [4.78, 5) is 4.83. The molecule has 1 aliphatic rings. The summed E-state index contributed by atoms with van der Waals surface area (Å²) >= 11 is 0. The maximum atomic E-state index is 4.83. The molecule has 0 saturated carbocycles. The first-order valence-corrected chi connectivity index (χ1v) is 6.13. The number of hydrogen-bond acceptors (Lipinski definition) is 1. The number of hydrogen-bond donors (Lipinski definition) is 0. The van der Waals surface area contributed by atoms with Crippen LogP contribution in [0.4, 0.5) is 0 Å². The number of benzene rings is 1. The van der Waals surface area contributed by atoms with E-state index in [0.717, 1.165) is 17.9 Å². The zero-order valence-corrected chi connectivity index (χ0v) is 9.96. The number of pyridine rings is 1. The highest BCUT2D eigenvalue weighted by Crippen LogP contribution is 2.30. The first-order valence-electron chi connectivity index (χ1n) is 6.13. The molecule has 1 atom stereocenters. The van der Waals surface area contributed by atoms with Crippen molar-refractivity contribution in [3.8, 4) is 0 Å². The van der Waals surface area contributed by atoms with Gasteiger partial charge in [0, 0.05) is 11.1 Å². The molecule has 16 heavy (non-hydrogen) atoms. The zero-order chi connectivity index (χ0) is 11.1. The summed E-state index contributed by atoms with van der Waals surface area (Å²) in [6.07, 6.45) is 3.68. The molecule has 0 fully saturated rings. The Kier molecular flexibility index (Phi) is 2.20. The molecule has 2 aromatic rings. The number of aryl methyl sites for hydroxylation is 1. The molecule has 1 nitrogen and oxygen atoms in total. The van der Waals surface area contributed by atoms with Gasteiger partial charge in [0.15, 0.2) is 0 Å². The fourth-order valence-corrected chi connectivity index (χ4v) is 2.80. The third-order valence-electron chi connectivity index (χ3n) is 3.79. The average molecular weight is 211 g/mol. The van der Waals surface area contributed by atoms with Gasteiger partial charge >= 0.3 is 0 Å². The minimum absolute atomic E-state index is 0.792. The van der Waals surface area contributed by atoms with Gasteiger partial charge in [0.2, 0.25) is 0 Å². The lowest BCUT2D eigenvalue weighted by molar-refractivity contribution is 0.492.